The predicted octanol–water partition coefficient (Wildman–Crippen LogP) is 4.04. The first-order valence-corrected chi connectivity index (χ1v) is 10.3. The van der Waals surface area contributed by atoms with Crippen LogP contribution in [-0.2, 0) is 0 Å². The second-order valence-electron chi connectivity index (χ2n) is 6.48. The lowest BCUT2D eigenvalue weighted by Crippen LogP contribution is -2.27. The third-order valence-electron chi connectivity index (χ3n) is 4.29. The first kappa shape index (κ1) is 15.4. The van der Waals surface area contributed by atoms with Gasteiger partial charge in [-0.1, -0.05) is 29.8 Å². The van der Waals surface area contributed by atoms with Crippen LogP contribution in [-0.4, -0.2) is 47.1 Å². The van der Waals surface area contributed by atoms with Crippen molar-refractivity contribution < 1.29 is 4.58 Å². The largest absolute Gasteiger partial charge is 0.281 e. The molecule has 0 radical (unpaired) electrons. The standard InChI is InChI=1S/C18H25N3P/c1-14-6-8-15(9-7-14)17-11-19-20-18(17)16-5-4-10-21(12-16)13-22(2)3/h6-9,11,13,16H,4-5,10,12H2,1-3H3,(H,19,20)/q+1. The molecule has 1 unspecified atom stereocenters. The topological polar surface area (TPSA) is 31.7 Å². The molecule has 1 saturated heterocycles. The summed E-state index contributed by atoms with van der Waals surface area (Å²) in [5.74, 6) is 2.99. The van der Waals surface area contributed by atoms with Crippen LogP contribution in [0.5, 0.6) is 0 Å². The summed E-state index contributed by atoms with van der Waals surface area (Å²) in [7, 11) is 0.0201. The van der Waals surface area contributed by atoms with Gasteiger partial charge in [-0.05, 0) is 40.2 Å². The highest BCUT2D eigenvalue weighted by molar-refractivity contribution is 7.71. The van der Waals surface area contributed by atoms with E-state index in [2.05, 4.69) is 65.2 Å². The predicted molar refractivity (Wildman–Crippen MR) is 95.6 cm³/mol. The molecule has 1 aliphatic heterocycles. The smallest absolute Gasteiger partial charge is 0.159 e. The molecule has 4 heteroatoms. The summed E-state index contributed by atoms with van der Waals surface area (Å²) < 4.78 is 2.51. The van der Waals surface area contributed by atoms with E-state index in [9.17, 15) is 0 Å². The first-order valence-electron chi connectivity index (χ1n) is 7.99. The molecular weight excluding hydrogens is 289 g/mol. The number of rotatable bonds is 3. The van der Waals surface area contributed by atoms with Crippen molar-refractivity contribution >= 4 is 13.9 Å². The van der Waals surface area contributed by atoms with Crippen LogP contribution < -0.4 is 0 Å². The van der Waals surface area contributed by atoms with Crippen LogP contribution in [0.25, 0.3) is 11.1 Å². The van der Waals surface area contributed by atoms with Gasteiger partial charge in [0.1, 0.15) is 6.54 Å². The van der Waals surface area contributed by atoms with E-state index < -0.39 is 0 Å². The highest BCUT2D eigenvalue weighted by atomic mass is 31.1. The van der Waals surface area contributed by atoms with Gasteiger partial charge in [-0.2, -0.15) is 5.10 Å². The van der Waals surface area contributed by atoms with Crippen molar-refractivity contribution in [2.45, 2.75) is 25.7 Å². The van der Waals surface area contributed by atoms with Gasteiger partial charge in [0, 0.05) is 12.0 Å². The van der Waals surface area contributed by atoms with Crippen LogP contribution in [0.2, 0.25) is 0 Å². The Morgan fingerprint density at radius 1 is 1.27 bits per heavy atom. The lowest BCUT2D eigenvalue weighted by molar-refractivity contribution is -0.534. The Morgan fingerprint density at radius 3 is 2.77 bits per heavy atom. The Morgan fingerprint density at radius 2 is 2.05 bits per heavy atom. The van der Waals surface area contributed by atoms with Crippen LogP contribution in [0.4, 0.5) is 0 Å². The maximum atomic E-state index is 4.33. The number of piperidine rings is 1. The maximum absolute atomic E-state index is 4.33. The van der Waals surface area contributed by atoms with Crippen molar-refractivity contribution in [2.75, 3.05) is 26.4 Å². The van der Waals surface area contributed by atoms with Crippen LogP contribution in [0.1, 0.15) is 30.0 Å². The molecule has 1 aromatic heterocycles. The minimum atomic E-state index is 0.0201. The molecule has 0 bridgehead atoms. The Balaban J connectivity index is 1.87. The zero-order chi connectivity index (χ0) is 15.5. The number of aryl methyl sites for hydroxylation is 1. The van der Waals surface area contributed by atoms with E-state index in [0.717, 1.165) is 6.54 Å². The average molecular weight is 314 g/mol. The summed E-state index contributed by atoms with van der Waals surface area (Å²) in [6.45, 7) is 9.06. The number of nitrogens with zero attached hydrogens (tertiary/aromatic N) is 2. The monoisotopic (exact) mass is 314 g/mol. The molecule has 0 aliphatic carbocycles. The van der Waals surface area contributed by atoms with Crippen LogP contribution in [0.3, 0.4) is 0 Å². The number of aromatic amines is 1. The van der Waals surface area contributed by atoms with Gasteiger partial charge in [-0.3, -0.25) is 5.10 Å². The van der Waals surface area contributed by atoms with Crippen molar-refractivity contribution in [3.63, 3.8) is 0 Å². The number of aromatic nitrogens is 2. The lowest BCUT2D eigenvalue weighted by Gasteiger charge is -2.21. The number of nitrogens with one attached hydrogen (secondary N) is 1. The summed E-state index contributed by atoms with van der Waals surface area (Å²) in [5, 5.41) is 7.61. The zero-order valence-corrected chi connectivity index (χ0v) is 14.6. The van der Waals surface area contributed by atoms with Gasteiger partial charge in [0.15, 0.2) is 12.5 Å². The van der Waals surface area contributed by atoms with E-state index in [-0.39, 0.29) is 7.92 Å². The second-order valence-corrected chi connectivity index (χ2v) is 8.63. The molecule has 3 rings (SSSR count). The fraction of sp³-hybridized carbons (Fsp3) is 0.444. The Hall–Kier alpha value is -1.47. The van der Waals surface area contributed by atoms with Crippen molar-refractivity contribution in [3.8, 4) is 11.1 Å². The number of H-pyrrole nitrogens is 1. The van der Waals surface area contributed by atoms with E-state index in [1.807, 2.05) is 6.20 Å². The van der Waals surface area contributed by atoms with Crippen molar-refractivity contribution in [2.24, 2.45) is 0 Å². The Bertz CT molecular complexity index is 655. The van der Waals surface area contributed by atoms with Gasteiger partial charge in [0.05, 0.1) is 17.8 Å². The molecule has 0 amide bonds. The molecule has 2 aromatic rings. The van der Waals surface area contributed by atoms with Gasteiger partial charge < -0.3 is 0 Å². The highest BCUT2D eigenvalue weighted by Gasteiger charge is 2.27. The molecule has 1 fully saturated rings. The summed E-state index contributed by atoms with van der Waals surface area (Å²) >= 11 is 0. The molecular formula is C18H25N3P+. The van der Waals surface area contributed by atoms with Crippen molar-refractivity contribution in [1.82, 2.24) is 10.2 Å². The molecule has 0 saturated carbocycles. The van der Waals surface area contributed by atoms with Gasteiger partial charge in [-0.15, -0.1) is 0 Å². The maximum Gasteiger partial charge on any atom is 0.159 e. The van der Waals surface area contributed by atoms with E-state index in [0.29, 0.717) is 5.92 Å². The quantitative estimate of drug-likeness (QED) is 0.673. The van der Waals surface area contributed by atoms with Crippen LogP contribution >= 0.6 is 7.92 Å². The highest BCUT2D eigenvalue weighted by Crippen LogP contribution is 2.32. The molecule has 22 heavy (non-hydrogen) atoms. The van der Waals surface area contributed by atoms with Crippen LogP contribution in [0.15, 0.2) is 30.5 Å². The minimum absolute atomic E-state index is 0.0201. The van der Waals surface area contributed by atoms with E-state index >= 15 is 0 Å². The average Bonchev–Trinajstić information content (AvgIpc) is 2.97. The molecule has 3 nitrogen and oxygen atoms in total. The third kappa shape index (κ3) is 3.47. The molecule has 1 atom stereocenters. The molecule has 0 spiro atoms. The first-order chi connectivity index (χ1) is 10.6. The van der Waals surface area contributed by atoms with Crippen molar-refractivity contribution in [3.05, 3.63) is 41.7 Å². The normalized spacial score (nSPS) is 20.7. The molecule has 1 aliphatic rings. The SMILES string of the molecule is Cc1ccc(-c2cn[nH]c2C2CCC[N+](=CP(C)C)C2)cc1. The van der Waals surface area contributed by atoms with E-state index in [1.165, 1.54) is 41.8 Å². The minimum Gasteiger partial charge on any atom is -0.281 e. The van der Waals surface area contributed by atoms with Crippen molar-refractivity contribution in [1.29, 1.82) is 0 Å². The fourth-order valence-electron chi connectivity index (χ4n) is 3.24. The van der Waals surface area contributed by atoms with E-state index in [1.54, 1.807) is 0 Å². The fourth-order valence-corrected chi connectivity index (χ4v) is 4.11. The summed E-state index contributed by atoms with van der Waals surface area (Å²) in [4.78, 5) is 0. The van der Waals surface area contributed by atoms with Gasteiger partial charge >= 0.3 is 0 Å². The number of benzene rings is 1. The van der Waals surface area contributed by atoms with Gasteiger partial charge in [-0.25, -0.2) is 4.58 Å². The van der Waals surface area contributed by atoms with E-state index in [4.69, 9.17) is 0 Å². The Kier molecular flexibility index (Phi) is 4.73. The number of hydrogen-bond donors (Lipinski definition) is 1. The summed E-state index contributed by atoms with van der Waals surface area (Å²) in [6, 6.07) is 8.75. The third-order valence-corrected chi connectivity index (χ3v) is 5.08. The van der Waals surface area contributed by atoms with Gasteiger partial charge in [0.25, 0.3) is 0 Å². The zero-order valence-electron chi connectivity index (χ0n) is 13.7. The molecule has 1 aromatic carbocycles. The Labute approximate surface area is 134 Å². The number of hydrogen-bond acceptors (Lipinski definition) is 1. The lowest BCUT2D eigenvalue weighted by atomic mass is 9.91. The summed E-state index contributed by atoms with van der Waals surface area (Å²) in [5.41, 5.74) is 5.13. The van der Waals surface area contributed by atoms with Gasteiger partial charge in [0.2, 0.25) is 0 Å². The molecule has 116 valence electrons. The molecule has 2 heterocycles. The second kappa shape index (κ2) is 6.75. The van der Waals surface area contributed by atoms with Crippen LogP contribution in [0, 0.1) is 6.92 Å². The summed E-state index contributed by atoms with van der Waals surface area (Å²) in [6.07, 6.45) is 4.49. The molecule has 1 N–H and O–H groups in total.